The summed E-state index contributed by atoms with van der Waals surface area (Å²) in [6.45, 7) is 3.51. The molecule has 0 saturated heterocycles. The number of nitrogens with two attached hydrogens (primary N) is 1. The number of thiophene rings is 1. The van der Waals surface area contributed by atoms with E-state index in [0.29, 0.717) is 16.4 Å². The predicted molar refractivity (Wildman–Crippen MR) is 120 cm³/mol. The van der Waals surface area contributed by atoms with Crippen LogP contribution in [0, 0.1) is 0 Å². The van der Waals surface area contributed by atoms with Gasteiger partial charge in [0.25, 0.3) is 0 Å². The fourth-order valence-electron chi connectivity index (χ4n) is 3.19. The van der Waals surface area contributed by atoms with Crippen molar-refractivity contribution in [2.75, 3.05) is 18.2 Å². The van der Waals surface area contributed by atoms with Crippen LogP contribution in [0.15, 0.2) is 48.5 Å². The van der Waals surface area contributed by atoms with Crippen LogP contribution in [0.2, 0.25) is 0 Å². The zero-order valence-corrected chi connectivity index (χ0v) is 18.6. The van der Waals surface area contributed by atoms with Crippen molar-refractivity contribution in [1.82, 2.24) is 0 Å². The number of carbonyl (C=O) groups excluding carboxylic acids is 1. The van der Waals surface area contributed by atoms with Crippen molar-refractivity contribution in [2.24, 2.45) is 0 Å². The van der Waals surface area contributed by atoms with Gasteiger partial charge in [-0.15, -0.1) is 11.3 Å². The number of anilines is 3. The van der Waals surface area contributed by atoms with Gasteiger partial charge in [-0.05, 0) is 37.1 Å². The topological polar surface area (TPSA) is 73.6 Å². The van der Waals surface area contributed by atoms with Gasteiger partial charge in [-0.1, -0.05) is 31.2 Å². The molecule has 5 nitrogen and oxygen atoms in total. The van der Waals surface area contributed by atoms with E-state index in [0.717, 1.165) is 29.4 Å². The van der Waals surface area contributed by atoms with Gasteiger partial charge in [-0.3, -0.25) is 0 Å². The summed E-state index contributed by atoms with van der Waals surface area (Å²) in [5.74, 6) is -0.524. The summed E-state index contributed by atoms with van der Waals surface area (Å²) >= 11 is 1.07. The molecule has 1 atom stereocenters. The second-order valence-corrected chi connectivity index (χ2v) is 8.09. The molecule has 0 bridgehead atoms. The lowest BCUT2D eigenvalue weighted by atomic mass is 10.0. The van der Waals surface area contributed by atoms with Gasteiger partial charge < -0.3 is 20.5 Å². The van der Waals surface area contributed by atoms with E-state index in [2.05, 4.69) is 5.32 Å². The Morgan fingerprint density at radius 2 is 1.91 bits per heavy atom. The molecule has 3 rings (SSSR count). The Balaban J connectivity index is 1.94. The third-order valence-corrected chi connectivity index (χ3v) is 5.87. The largest absolute Gasteiger partial charge is 0.484 e. The maximum atomic E-state index is 13.4. The lowest BCUT2D eigenvalue weighted by Gasteiger charge is -2.19. The molecule has 0 aliphatic rings. The third-order valence-electron chi connectivity index (χ3n) is 4.86. The summed E-state index contributed by atoms with van der Waals surface area (Å²) in [5, 5.41) is 3.70. The van der Waals surface area contributed by atoms with Crippen molar-refractivity contribution in [3.8, 4) is 5.75 Å². The number of methoxy groups -OCH3 is 1. The smallest absolute Gasteiger partial charge is 0.416 e. The minimum atomic E-state index is -4.53. The Bertz CT molecular complexity index is 1110. The van der Waals surface area contributed by atoms with Crippen LogP contribution in [-0.2, 0) is 17.3 Å². The van der Waals surface area contributed by atoms with Crippen molar-refractivity contribution in [1.29, 1.82) is 0 Å². The first-order valence-electron chi connectivity index (χ1n) is 9.84. The van der Waals surface area contributed by atoms with Crippen LogP contribution in [0.3, 0.4) is 0 Å². The number of rotatable bonds is 7. The first-order valence-corrected chi connectivity index (χ1v) is 10.7. The number of benzene rings is 2. The molecule has 0 aliphatic carbocycles. The van der Waals surface area contributed by atoms with E-state index in [4.69, 9.17) is 15.2 Å². The number of ether oxygens (including phenoxy) is 2. The van der Waals surface area contributed by atoms with Gasteiger partial charge in [-0.2, -0.15) is 13.2 Å². The van der Waals surface area contributed by atoms with Crippen molar-refractivity contribution in [3.05, 3.63) is 70.1 Å². The zero-order chi connectivity index (χ0) is 23.5. The van der Waals surface area contributed by atoms with E-state index < -0.39 is 23.8 Å². The average Bonchev–Trinajstić information content (AvgIpc) is 3.16. The van der Waals surface area contributed by atoms with E-state index in [1.54, 1.807) is 12.1 Å². The molecule has 32 heavy (non-hydrogen) atoms. The summed E-state index contributed by atoms with van der Waals surface area (Å²) in [6.07, 6.45) is -4.67. The number of nitrogen functional groups attached to an aromatic ring is 1. The van der Waals surface area contributed by atoms with Gasteiger partial charge in [0.1, 0.15) is 11.9 Å². The van der Waals surface area contributed by atoms with E-state index >= 15 is 0 Å². The minimum Gasteiger partial charge on any atom is -0.484 e. The van der Waals surface area contributed by atoms with Crippen molar-refractivity contribution >= 4 is 33.7 Å². The van der Waals surface area contributed by atoms with Crippen molar-refractivity contribution in [3.63, 3.8) is 0 Å². The van der Waals surface area contributed by atoms with Gasteiger partial charge in [0.05, 0.1) is 29.0 Å². The molecule has 170 valence electrons. The molecule has 2 aromatic carbocycles. The zero-order valence-electron chi connectivity index (χ0n) is 17.7. The molecule has 0 spiro atoms. The average molecular weight is 465 g/mol. The molecule has 0 fully saturated rings. The maximum absolute atomic E-state index is 13.4. The normalized spacial score (nSPS) is 12.3. The summed E-state index contributed by atoms with van der Waals surface area (Å²) in [7, 11) is 1.23. The van der Waals surface area contributed by atoms with E-state index in [9.17, 15) is 18.0 Å². The van der Waals surface area contributed by atoms with Gasteiger partial charge in [-0.25, -0.2) is 4.79 Å². The molecule has 1 heterocycles. The monoisotopic (exact) mass is 464 g/mol. The van der Waals surface area contributed by atoms with Crippen LogP contribution < -0.4 is 15.8 Å². The summed E-state index contributed by atoms with van der Waals surface area (Å²) in [4.78, 5) is 12.4. The molecule has 0 amide bonds. The number of nitrogens with one attached hydrogen (secondary N) is 1. The Morgan fingerprint density at radius 3 is 2.56 bits per heavy atom. The molecule has 9 heteroatoms. The highest BCUT2D eigenvalue weighted by Gasteiger charge is 2.35. The lowest BCUT2D eigenvalue weighted by molar-refractivity contribution is -0.139. The van der Waals surface area contributed by atoms with Crippen LogP contribution in [0.5, 0.6) is 5.75 Å². The second-order valence-electron chi connectivity index (χ2n) is 7.04. The quantitative estimate of drug-likeness (QED) is 0.305. The van der Waals surface area contributed by atoms with E-state index in [1.807, 2.05) is 19.1 Å². The molecule has 0 saturated carbocycles. The highest BCUT2D eigenvalue weighted by molar-refractivity contribution is 7.18. The Hall–Kier alpha value is -3.20. The highest BCUT2D eigenvalue weighted by Crippen LogP contribution is 2.41. The number of hydrogen-bond acceptors (Lipinski definition) is 6. The molecular weight excluding hydrogens is 441 g/mol. The van der Waals surface area contributed by atoms with Crippen molar-refractivity contribution in [2.45, 2.75) is 32.5 Å². The number of alkyl halides is 3. The molecule has 3 N–H and O–H groups in total. The SMILES string of the molecule is CCc1ccc(N)c(Nc2cc(O[C@H](C)c3ccccc3C(F)(F)F)c(C(=O)OC)s2)c1. The Morgan fingerprint density at radius 1 is 1.19 bits per heavy atom. The van der Waals surface area contributed by atoms with Crippen LogP contribution >= 0.6 is 11.3 Å². The van der Waals surface area contributed by atoms with Crippen LogP contribution in [0.25, 0.3) is 0 Å². The molecule has 3 aromatic rings. The first kappa shape index (κ1) is 23.5. The number of esters is 1. The molecule has 0 aliphatic heterocycles. The van der Waals surface area contributed by atoms with E-state index in [-0.39, 0.29) is 16.2 Å². The summed E-state index contributed by atoms with van der Waals surface area (Å²) in [5.41, 5.74) is 7.48. The number of hydrogen-bond donors (Lipinski definition) is 2. The van der Waals surface area contributed by atoms with Gasteiger partial charge in [0.2, 0.25) is 0 Å². The first-order chi connectivity index (χ1) is 15.1. The molecule has 1 aromatic heterocycles. The summed E-state index contributed by atoms with van der Waals surface area (Å²) in [6, 6.07) is 12.3. The van der Waals surface area contributed by atoms with Gasteiger partial charge in [0, 0.05) is 11.6 Å². The van der Waals surface area contributed by atoms with Crippen LogP contribution in [-0.4, -0.2) is 13.1 Å². The molecular formula is C23H23F3N2O3S. The highest BCUT2D eigenvalue weighted by atomic mass is 32.1. The van der Waals surface area contributed by atoms with Gasteiger partial charge >= 0.3 is 12.1 Å². The van der Waals surface area contributed by atoms with Crippen LogP contribution in [0.4, 0.5) is 29.5 Å². The Kier molecular flexibility index (Phi) is 6.98. The van der Waals surface area contributed by atoms with Gasteiger partial charge in [0.15, 0.2) is 4.88 Å². The summed E-state index contributed by atoms with van der Waals surface area (Å²) < 4.78 is 50.9. The van der Waals surface area contributed by atoms with Crippen molar-refractivity contribution < 1.29 is 27.4 Å². The number of carbonyl (C=O) groups is 1. The number of halogens is 3. The molecule has 0 unspecified atom stereocenters. The Labute approximate surface area is 188 Å². The molecule has 0 radical (unpaired) electrons. The van der Waals surface area contributed by atoms with Crippen LogP contribution in [0.1, 0.15) is 46.3 Å². The third kappa shape index (κ3) is 5.16. The lowest BCUT2D eigenvalue weighted by Crippen LogP contribution is -2.14. The van der Waals surface area contributed by atoms with E-state index in [1.165, 1.54) is 32.2 Å². The fourth-order valence-corrected chi connectivity index (χ4v) is 4.11. The number of aryl methyl sites for hydroxylation is 1. The second kappa shape index (κ2) is 9.52. The predicted octanol–water partition coefficient (Wildman–Crippen LogP) is 6.58. The standard InChI is InChI=1S/C23H23F3N2O3S/c1-4-14-9-10-17(27)18(11-14)28-20-12-19(21(32-20)22(29)30-3)31-13(2)15-7-5-6-8-16(15)23(24,25)26/h5-13,28H,4,27H2,1-3H3/t13-/m1/s1. The fraction of sp³-hybridized carbons (Fsp3) is 0.261. The maximum Gasteiger partial charge on any atom is 0.416 e. The minimum absolute atomic E-state index is 0.0311.